The van der Waals surface area contributed by atoms with E-state index in [-0.39, 0.29) is 18.9 Å². The third-order valence-corrected chi connectivity index (χ3v) is 6.27. The van der Waals surface area contributed by atoms with Gasteiger partial charge in [0.05, 0.1) is 0 Å². The van der Waals surface area contributed by atoms with Gasteiger partial charge in [0.15, 0.2) is 6.33 Å². The number of alkyl carbamates (subject to hydrolysis) is 1. The molecule has 2 N–H and O–H groups in total. The first-order valence-corrected chi connectivity index (χ1v) is 11.5. The second-order valence-corrected chi connectivity index (χ2v) is 8.53. The first kappa shape index (κ1) is 23.1. The topological polar surface area (TPSA) is 127 Å². The fourth-order valence-electron chi connectivity index (χ4n) is 4.51. The summed E-state index contributed by atoms with van der Waals surface area (Å²) in [6, 6.07) is 22.1. The number of nitrogens with zero attached hydrogens (tertiary/aromatic N) is 4. The summed E-state index contributed by atoms with van der Waals surface area (Å²) < 4.78 is 5.55. The molecule has 9 heteroatoms. The van der Waals surface area contributed by atoms with E-state index in [1.807, 2.05) is 36.4 Å². The molecule has 0 spiro atoms. The highest BCUT2D eigenvalue weighted by Crippen LogP contribution is 2.36. The van der Waals surface area contributed by atoms with Crippen LogP contribution in [0.5, 0.6) is 0 Å². The molecule has 1 heterocycles. The molecule has 0 bridgehead atoms. The van der Waals surface area contributed by atoms with Crippen molar-refractivity contribution in [2.75, 3.05) is 6.61 Å². The standard InChI is InChI=1S/C27H23N5O4/c33-26(34)24(13-17-9-11-18(12-10-17)25-31-28-16-29-32-25)30-27(35)36-15-23-21-7-3-1-5-19(21)14-20-6-2-4-8-22(20)23/h1-12,16,23-24H,13-15H2,(H,30,35)(H,33,34). The van der Waals surface area contributed by atoms with Gasteiger partial charge in [-0.15, -0.1) is 20.4 Å². The second-order valence-electron chi connectivity index (χ2n) is 8.53. The lowest BCUT2D eigenvalue weighted by atomic mass is 9.78. The second kappa shape index (κ2) is 10.3. The molecule has 180 valence electrons. The maximum absolute atomic E-state index is 12.6. The summed E-state index contributed by atoms with van der Waals surface area (Å²) in [7, 11) is 0. The number of amides is 1. The molecular weight excluding hydrogens is 458 g/mol. The molecule has 1 atom stereocenters. The van der Waals surface area contributed by atoms with Crippen LogP contribution in [0.25, 0.3) is 11.4 Å². The van der Waals surface area contributed by atoms with E-state index < -0.39 is 18.1 Å². The molecule has 4 aromatic rings. The minimum Gasteiger partial charge on any atom is -0.480 e. The molecule has 0 saturated heterocycles. The van der Waals surface area contributed by atoms with Crippen molar-refractivity contribution in [3.8, 4) is 11.4 Å². The number of carbonyl (C=O) groups excluding carboxylic acids is 1. The molecule has 1 aliphatic carbocycles. The first-order chi connectivity index (χ1) is 17.6. The highest BCUT2D eigenvalue weighted by atomic mass is 16.5. The van der Waals surface area contributed by atoms with Crippen molar-refractivity contribution < 1.29 is 19.4 Å². The minimum atomic E-state index is -1.15. The average molecular weight is 482 g/mol. The molecule has 0 aliphatic heterocycles. The molecule has 1 aliphatic rings. The number of benzene rings is 3. The molecule has 0 radical (unpaired) electrons. The van der Waals surface area contributed by atoms with Crippen LogP contribution in [0.4, 0.5) is 4.79 Å². The number of hydrogen-bond acceptors (Lipinski definition) is 7. The zero-order valence-electron chi connectivity index (χ0n) is 19.2. The smallest absolute Gasteiger partial charge is 0.407 e. The third kappa shape index (κ3) is 5.05. The van der Waals surface area contributed by atoms with Crippen LogP contribution in [0.3, 0.4) is 0 Å². The monoisotopic (exact) mass is 481 g/mol. The van der Waals surface area contributed by atoms with Gasteiger partial charge in [-0.25, -0.2) is 9.59 Å². The molecule has 1 amide bonds. The highest BCUT2D eigenvalue weighted by molar-refractivity contribution is 5.80. The Balaban J connectivity index is 1.24. The predicted molar refractivity (Wildman–Crippen MR) is 130 cm³/mol. The summed E-state index contributed by atoms with van der Waals surface area (Å²) in [5, 5.41) is 27.4. The van der Waals surface area contributed by atoms with Gasteiger partial charge in [0.2, 0.25) is 5.82 Å². The Hall–Kier alpha value is -4.66. The van der Waals surface area contributed by atoms with Gasteiger partial charge < -0.3 is 15.2 Å². The van der Waals surface area contributed by atoms with Gasteiger partial charge in [0.1, 0.15) is 12.6 Å². The Bertz CT molecular complexity index is 1330. The van der Waals surface area contributed by atoms with E-state index >= 15 is 0 Å². The number of ether oxygens (including phenoxy) is 1. The van der Waals surface area contributed by atoms with Crippen molar-refractivity contribution in [1.82, 2.24) is 25.7 Å². The summed E-state index contributed by atoms with van der Waals surface area (Å²) in [4.78, 5) is 24.5. The number of aromatic nitrogens is 4. The summed E-state index contributed by atoms with van der Waals surface area (Å²) in [5.41, 5.74) is 6.05. The van der Waals surface area contributed by atoms with Crippen LogP contribution in [-0.2, 0) is 22.4 Å². The zero-order valence-corrected chi connectivity index (χ0v) is 19.2. The number of rotatable bonds is 7. The van der Waals surface area contributed by atoms with Gasteiger partial charge in [-0.2, -0.15) is 0 Å². The largest absolute Gasteiger partial charge is 0.480 e. The number of fused-ring (bicyclic) bond motifs is 2. The number of carboxylic acid groups (broad SMARTS) is 1. The minimum absolute atomic E-state index is 0.0892. The summed E-state index contributed by atoms with van der Waals surface area (Å²) in [6.45, 7) is 0.111. The molecule has 0 fully saturated rings. The number of aliphatic carboxylic acids is 1. The lowest BCUT2D eigenvalue weighted by molar-refractivity contribution is -0.139. The zero-order chi connectivity index (χ0) is 24.9. The van der Waals surface area contributed by atoms with Crippen molar-refractivity contribution in [2.24, 2.45) is 0 Å². The van der Waals surface area contributed by atoms with Crippen LogP contribution >= 0.6 is 0 Å². The van der Waals surface area contributed by atoms with Crippen molar-refractivity contribution in [2.45, 2.75) is 24.8 Å². The van der Waals surface area contributed by atoms with Gasteiger partial charge in [0.25, 0.3) is 0 Å². The normalized spacial score (nSPS) is 13.2. The van der Waals surface area contributed by atoms with E-state index in [1.54, 1.807) is 24.3 Å². The summed E-state index contributed by atoms with van der Waals surface area (Å²) in [5.74, 6) is -0.896. The van der Waals surface area contributed by atoms with Crippen LogP contribution in [0.15, 0.2) is 79.1 Å². The van der Waals surface area contributed by atoms with Crippen molar-refractivity contribution in [3.63, 3.8) is 0 Å². The molecular formula is C27H23N5O4. The van der Waals surface area contributed by atoms with Gasteiger partial charge in [-0.05, 0) is 34.2 Å². The average Bonchev–Trinajstić information content (AvgIpc) is 2.91. The van der Waals surface area contributed by atoms with Crippen molar-refractivity contribution in [1.29, 1.82) is 0 Å². The number of nitrogens with one attached hydrogen (secondary N) is 1. The summed E-state index contributed by atoms with van der Waals surface area (Å²) >= 11 is 0. The SMILES string of the molecule is O=C(NC(Cc1ccc(-c2nncnn2)cc1)C(=O)O)OCC1c2ccccc2Cc2ccccc21. The molecule has 1 unspecified atom stereocenters. The van der Waals surface area contributed by atoms with E-state index in [4.69, 9.17) is 4.74 Å². The molecule has 36 heavy (non-hydrogen) atoms. The Morgan fingerprint density at radius 2 is 1.53 bits per heavy atom. The Kier molecular flexibility index (Phi) is 6.61. The van der Waals surface area contributed by atoms with E-state index in [0.29, 0.717) is 11.4 Å². The van der Waals surface area contributed by atoms with Gasteiger partial charge in [-0.3, -0.25) is 0 Å². The van der Waals surface area contributed by atoms with Gasteiger partial charge >= 0.3 is 12.1 Å². The van der Waals surface area contributed by atoms with Crippen LogP contribution in [0.1, 0.15) is 33.7 Å². The van der Waals surface area contributed by atoms with Gasteiger partial charge in [-0.1, -0.05) is 72.8 Å². The van der Waals surface area contributed by atoms with E-state index in [9.17, 15) is 14.7 Å². The molecule has 1 aromatic heterocycles. The Morgan fingerprint density at radius 1 is 0.917 bits per heavy atom. The predicted octanol–water partition coefficient (Wildman–Crippen LogP) is 3.39. The number of carbonyl (C=O) groups is 2. The van der Waals surface area contributed by atoms with Crippen LogP contribution in [0, 0.1) is 0 Å². The summed E-state index contributed by atoms with van der Waals surface area (Å²) in [6.07, 6.45) is 1.39. The Morgan fingerprint density at radius 3 is 2.14 bits per heavy atom. The molecule has 3 aromatic carbocycles. The van der Waals surface area contributed by atoms with Crippen LogP contribution < -0.4 is 5.32 Å². The first-order valence-electron chi connectivity index (χ1n) is 11.5. The van der Waals surface area contributed by atoms with Crippen LogP contribution in [-0.4, -0.2) is 50.2 Å². The molecule has 9 nitrogen and oxygen atoms in total. The number of hydrogen-bond donors (Lipinski definition) is 2. The van der Waals surface area contributed by atoms with Crippen LogP contribution in [0.2, 0.25) is 0 Å². The quantitative estimate of drug-likeness (QED) is 0.411. The van der Waals surface area contributed by atoms with E-state index in [0.717, 1.165) is 23.1 Å². The molecule has 5 rings (SSSR count). The fourth-order valence-corrected chi connectivity index (χ4v) is 4.51. The Labute approximate surface area is 207 Å². The van der Waals surface area contributed by atoms with E-state index in [1.165, 1.54) is 17.5 Å². The molecule has 0 saturated carbocycles. The number of carboxylic acids is 1. The van der Waals surface area contributed by atoms with Gasteiger partial charge in [0, 0.05) is 17.9 Å². The van der Waals surface area contributed by atoms with E-state index in [2.05, 4.69) is 37.8 Å². The maximum Gasteiger partial charge on any atom is 0.407 e. The fraction of sp³-hybridized carbons (Fsp3) is 0.185. The van der Waals surface area contributed by atoms with Crippen molar-refractivity contribution >= 4 is 12.1 Å². The van der Waals surface area contributed by atoms with Crippen molar-refractivity contribution in [3.05, 3.63) is 107 Å². The maximum atomic E-state index is 12.6. The lowest BCUT2D eigenvalue weighted by Gasteiger charge is -2.28. The highest BCUT2D eigenvalue weighted by Gasteiger charge is 2.27. The lowest BCUT2D eigenvalue weighted by Crippen LogP contribution is -2.43. The third-order valence-electron chi connectivity index (χ3n) is 6.27.